The zero-order valence-electron chi connectivity index (χ0n) is 11.2. The van der Waals surface area contributed by atoms with Gasteiger partial charge in [-0.1, -0.05) is 6.92 Å². The van der Waals surface area contributed by atoms with Crippen LogP contribution in [0.1, 0.15) is 40.0 Å². The number of nitrogens with zero attached hydrogens (tertiary/aromatic N) is 1. The lowest BCUT2D eigenvalue weighted by molar-refractivity contribution is -0.145. The summed E-state index contributed by atoms with van der Waals surface area (Å²) in [5, 5.41) is 9.86. The van der Waals surface area contributed by atoms with Crippen molar-refractivity contribution in [2.45, 2.75) is 52.2 Å². The van der Waals surface area contributed by atoms with E-state index in [0.717, 1.165) is 6.54 Å². The van der Waals surface area contributed by atoms with Crippen molar-refractivity contribution in [2.24, 2.45) is 5.92 Å². The van der Waals surface area contributed by atoms with Crippen molar-refractivity contribution in [3.05, 3.63) is 0 Å². The Morgan fingerprint density at radius 1 is 1.47 bits per heavy atom. The summed E-state index contributed by atoms with van der Waals surface area (Å²) in [6.07, 6.45) is 1.92. The van der Waals surface area contributed by atoms with E-state index in [1.165, 1.54) is 12.8 Å². The van der Waals surface area contributed by atoms with Crippen LogP contribution in [0.25, 0.3) is 0 Å². The van der Waals surface area contributed by atoms with Gasteiger partial charge in [-0.05, 0) is 32.6 Å². The summed E-state index contributed by atoms with van der Waals surface area (Å²) in [6.45, 7) is 8.16. The first-order valence-electron chi connectivity index (χ1n) is 6.60. The minimum atomic E-state index is -0.609. The quantitative estimate of drug-likeness (QED) is 0.742. The van der Waals surface area contributed by atoms with Crippen LogP contribution >= 0.6 is 0 Å². The number of carbonyl (C=O) groups excluding carboxylic acids is 1. The first-order chi connectivity index (χ1) is 8.02. The van der Waals surface area contributed by atoms with Gasteiger partial charge in [0.05, 0.1) is 19.1 Å². The molecule has 3 atom stereocenters. The van der Waals surface area contributed by atoms with Gasteiger partial charge in [0.2, 0.25) is 0 Å². The van der Waals surface area contributed by atoms with Gasteiger partial charge in [-0.2, -0.15) is 0 Å². The highest BCUT2D eigenvalue weighted by Gasteiger charge is 2.25. The maximum absolute atomic E-state index is 11.2. The number of carbonyl (C=O) groups is 1. The van der Waals surface area contributed by atoms with Crippen molar-refractivity contribution in [3.63, 3.8) is 0 Å². The van der Waals surface area contributed by atoms with Gasteiger partial charge < -0.3 is 9.84 Å². The first-order valence-corrected chi connectivity index (χ1v) is 6.60. The molecule has 1 aliphatic rings. The van der Waals surface area contributed by atoms with Gasteiger partial charge in [-0.3, -0.25) is 9.69 Å². The summed E-state index contributed by atoms with van der Waals surface area (Å²) < 4.78 is 4.83. The second-order valence-corrected chi connectivity index (χ2v) is 5.15. The molecule has 0 amide bonds. The number of hydrogen-bond acceptors (Lipinski definition) is 4. The van der Waals surface area contributed by atoms with Gasteiger partial charge in [0.25, 0.3) is 0 Å². The summed E-state index contributed by atoms with van der Waals surface area (Å²) >= 11 is 0. The average molecular weight is 243 g/mol. The summed E-state index contributed by atoms with van der Waals surface area (Å²) in [6, 6.07) is 0.503. The number of likely N-dealkylation sites (tertiary alicyclic amines) is 1. The van der Waals surface area contributed by atoms with Crippen molar-refractivity contribution in [3.8, 4) is 0 Å². The molecule has 0 saturated carbocycles. The van der Waals surface area contributed by atoms with Gasteiger partial charge >= 0.3 is 5.97 Å². The highest BCUT2D eigenvalue weighted by Crippen LogP contribution is 2.21. The zero-order valence-corrected chi connectivity index (χ0v) is 11.2. The predicted octanol–water partition coefficient (Wildman–Crippen LogP) is 1.42. The number of aliphatic hydroxyl groups is 1. The lowest BCUT2D eigenvalue weighted by atomic mass is 9.94. The fourth-order valence-electron chi connectivity index (χ4n) is 2.38. The van der Waals surface area contributed by atoms with Crippen molar-refractivity contribution >= 4 is 5.97 Å². The molecule has 4 nitrogen and oxygen atoms in total. The van der Waals surface area contributed by atoms with E-state index in [1.54, 1.807) is 6.92 Å². The van der Waals surface area contributed by atoms with E-state index in [-0.39, 0.29) is 12.4 Å². The van der Waals surface area contributed by atoms with Crippen LogP contribution in [0.5, 0.6) is 0 Å². The highest BCUT2D eigenvalue weighted by molar-refractivity contribution is 5.69. The molecule has 1 rings (SSSR count). The Balaban J connectivity index is 2.33. The molecule has 0 aromatic rings. The summed E-state index contributed by atoms with van der Waals surface area (Å²) in [4.78, 5) is 13.5. The molecular formula is C13H25NO3. The molecular weight excluding hydrogens is 218 g/mol. The van der Waals surface area contributed by atoms with E-state index in [4.69, 9.17) is 4.74 Å². The number of rotatable bonds is 5. The third-order valence-corrected chi connectivity index (χ3v) is 3.40. The van der Waals surface area contributed by atoms with E-state index in [2.05, 4.69) is 18.7 Å². The second kappa shape index (κ2) is 6.97. The number of esters is 1. The van der Waals surface area contributed by atoms with Crippen LogP contribution in [0.2, 0.25) is 0 Å². The predicted molar refractivity (Wildman–Crippen MR) is 66.7 cm³/mol. The molecule has 0 aliphatic carbocycles. The molecule has 0 radical (unpaired) electrons. The minimum Gasteiger partial charge on any atom is -0.466 e. The Bertz CT molecular complexity index is 245. The Labute approximate surface area is 104 Å². The third-order valence-electron chi connectivity index (χ3n) is 3.40. The van der Waals surface area contributed by atoms with E-state index in [0.29, 0.717) is 25.1 Å². The van der Waals surface area contributed by atoms with Crippen LogP contribution in [0.3, 0.4) is 0 Å². The number of aliphatic hydroxyl groups excluding tert-OH is 1. The van der Waals surface area contributed by atoms with Crippen molar-refractivity contribution in [1.82, 2.24) is 4.90 Å². The number of ether oxygens (including phenoxy) is 1. The van der Waals surface area contributed by atoms with Crippen molar-refractivity contribution in [1.29, 1.82) is 0 Å². The number of hydrogen-bond donors (Lipinski definition) is 1. The summed E-state index contributed by atoms with van der Waals surface area (Å²) in [5.41, 5.74) is 0. The maximum atomic E-state index is 11.2. The van der Waals surface area contributed by atoms with Crippen LogP contribution in [-0.2, 0) is 9.53 Å². The second-order valence-electron chi connectivity index (χ2n) is 5.15. The molecule has 0 aromatic carbocycles. The van der Waals surface area contributed by atoms with Crippen LogP contribution in [0.4, 0.5) is 0 Å². The van der Waals surface area contributed by atoms with Crippen molar-refractivity contribution < 1.29 is 14.6 Å². The molecule has 0 bridgehead atoms. The third kappa shape index (κ3) is 5.04. The van der Waals surface area contributed by atoms with Gasteiger partial charge in [0, 0.05) is 19.1 Å². The summed E-state index contributed by atoms with van der Waals surface area (Å²) in [5.74, 6) is 0.374. The fraction of sp³-hybridized carbons (Fsp3) is 0.923. The Kier molecular flexibility index (Phi) is 5.92. The van der Waals surface area contributed by atoms with Gasteiger partial charge in [-0.25, -0.2) is 0 Å². The molecule has 0 spiro atoms. The monoisotopic (exact) mass is 243 g/mol. The lowest BCUT2D eigenvalue weighted by Gasteiger charge is -2.37. The van der Waals surface area contributed by atoms with Crippen molar-refractivity contribution in [2.75, 3.05) is 19.7 Å². The Morgan fingerprint density at radius 2 is 2.18 bits per heavy atom. The highest BCUT2D eigenvalue weighted by atomic mass is 16.5. The smallest absolute Gasteiger partial charge is 0.308 e. The molecule has 100 valence electrons. The van der Waals surface area contributed by atoms with Gasteiger partial charge in [0.15, 0.2) is 0 Å². The van der Waals surface area contributed by atoms with Crippen LogP contribution < -0.4 is 0 Å². The molecule has 17 heavy (non-hydrogen) atoms. The SMILES string of the molecule is CCOC(=O)CC(O)CN1CC(C)CCC1C. The largest absolute Gasteiger partial charge is 0.466 e. The van der Waals surface area contributed by atoms with E-state index in [9.17, 15) is 9.90 Å². The molecule has 4 heteroatoms. The van der Waals surface area contributed by atoms with Gasteiger partial charge in [0.1, 0.15) is 0 Å². The number of β-amino-alcohol motifs (C(OH)–C–C–N with tert-alkyl or cyclic N) is 1. The minimum absolute atomic E-state index is 0.103. The van der Waals surface area contributed by atoms with Crippen LogP contribution in [0.15, 0.2) is 0 Å². The molecule has 0 aromatic heterocycles. The standard InChI is InChI=1S/C13H25NO3/c1-4-17-13(16)7-12(15)9-14-8-10(2)5-6-11(14)3/h10-12,15H,4-9H2,1-3H3. The molecule has 1 saturated heterocycles. The zero-order chi connectivity index (χ0) is 12.8. The lowest BCUT2D eigenvalue weighted by Crippen LogP contribution is -2.45. The topological polar surface area (TPSA) is 49.8 Å². The molecule has 3 unspecified atom stereocenters. The fourth-order valence-corrected chi connectivity index (χ4v) is 2.38. The Morgan fingerprint density at radius 3 is 2.82 bits per heavy atom. The van der Waals surface area contributed by atoms with Crippen LogP contribution in [0, 0.1) is 5.92 Å². The summed E-state index contributed by atoms with van der Waals surface area (Å²) in [7, 11) is 0. The van der Waals surface area contributed by atoms with E-state index >= 15 is 0 Å². The normalized spacial score (nSPS) is 27.8. The van der Waals surface area contributed by atoms with Crippen LogP contribution in [-0.4, -0.2) is 47.8 Å². The maximum Gasteiger partial charge on any atom is 0.308 e. The number of piperidine rings is 1. The Hall–Kier alpha value is -0.610. The molecule has 1 N–H and O–H groups in total. The molecule has 1 heterocycles. The molecule has 1 fully saturated rings. The first kappa shape index (κ1) is 14.5. The van der Waals surface area contributed by atoms with E-state index < -0.39 is 6.10 Å². The van der Waals surface area contributed by atoms with Gasteiger partial charge in [-0.15, -0.1) is 0 Å². The van der Waals surface area contributed by atoms with E-state index in [1.807, 2.05) is 0 Å². The average Bonchev–Trinajstić information content (AvgIpc) is 2.23. The molecule has 1 aliphatic heterocycles.